The minimum Gasteiger partial charge on any atom is -0.444 e. The molecule has 1 N–H and O–H groups in total. The molecule has 1 amide bonds. The van der Waals surface area contributed by atoms with E-state index in [9.17, 15) is 4.79 Å². The van der Waals surface area contributed by atoms with Crippen LogP contribution in [0, 0.1) is 17.8 Å². The predicted octanol–water partition coefficient (Wildman–Crippen LogP) is 1.85. The summed E-state index contributed by atoms with van der Waals surface area (Å²) < 4.78 is 5.54. The number of fused-ring (bicyclic) bond motifs is 2. The van der Waals surface area contributed by atoms with Crippen molar-refractivity contribution in [1.29, 1.82) is 0 Å². The van der Waals surface area contributed by atoms with Gasteiger partial charge in [-0.15, -0.1) is 0 Å². The van der Waals surface area contributed by atoms with Gasteiger partial charge in [0, 0.05) is 19.1 Å². The maximum Gasteiger partial charge on any atom is 0.410 e. The Bertz CT molecular complexity index is 350. The first-order valence-electron chi connectivity index (χ1n) is 7.16. The molecule has 4 rings (SSSR count). The first-order chi connectivity index (χ1) is 8.46. The Labute approximate surface area is 109 Å². The van der Waals surface area contributed by atoms with E-state index in [1.165, 1.54) is 6.42 Å². The normalized spacial score (nSPS) is 38.7. The molecule has 0 aromatic heterocycles. The maximum atomic E-state index is 12.3. The van der Waals surface area contributed by atoms with Gasteiger partial charge in [0.25, 0.3) is 0 Å². The van der Waals surface area contributed by atoms with Crippen LogP contribution in [0.4, 0.5) is 4.79 Å². The molecule has 0 spiro atoms. The molecule has 4 nitrogen and oxygen atoms in total. The van der Waals surface area contributed by atoms with Crippen molar-refractivity contribution in [2.45, 2.75) is 45.3 Å². The van der Waals surface area contributed by atoms with Crippen molar-refractivity contribution in [2.24, 2.45) is 17.8 Å². The average Bonchev–Trinajstić information content (AvgIpc) is 2.77. The summed E-state index contributed by atoms with van der Waals surface area (Å²) in [6.45, 7) is 8.94. The summed E-state index contributed by atoms with van der Waals surface area (Å²) >= 11 is 0. The molecule has 1 saturated carbocycles. The Morgan fingerprint density at radius 3 is 2.67 bits per heavy atom. The minimum atomic E-state index is -0.388. The zero-order valence-electron chi connectivity index (χ0n) is 11.6. The van der Waals surface area contributed by atoms with Gasteiger partial charge in [0.2, 0.25) is 0 Å². The molecule has 3 saturated heterocycles. The van der Waals surface area contributed by atoms with Crippen LogP contribution in [0.15, 0.2) is 0 Å². The third-order valence-electron chi connectivity index (χ3n) is 4.70. The fourth-order valence-electron chi connectivity index (χ4n) is 4.00. The molecule has 1 aliphatic carbocycles. The standard InChI is InChI=1S/C14H24N2O2/c1-14(2,3)18-13(17)16-8-9-4-5-12(16)11-7-15-6-10(9)11/h9-12,15H,4-8H2,1-3H3/t9-,10+,11-,12+/m1/s1. The zero-order chi connectivity index (χ0) is 12.9. The van der Waals surface area contributed by atoms with E-state index in [0.29, 0.717) is 17.9 Å². The molecule has 0 aromatic rings. The number of carbonyl (C=O) groups excluding carboxylic acids is 1. The van der Waals surface area contributed by atoms with Gasteiger partial charge in [0.05, 0.1) is 0 Å². The monoisotopic (exact) mass is 252 g/mol. The first-order valence-corrected chi connectivity index (χ1v) is 7.16. The Balaban J connectivity index is 1.73. The van der Waals surface area contributed by atoms with Crippen LogP contribution in [0.2, 0.25) is 0 Å². The lowest BCUT2D eigenvalue weighted by molar-refractivity contribution is -0.0455. The Morgan fingerprint density at radius 1 is 1.22 bits per heavy atom. The van der Waals surface area contributed by atoms with Crippen LogP contribution < -0.4 is 5.32 Å². The second-order valence-electron chi connectivity index (χ2n) is 7.02. The molecule has 4 heteroatoms. The van der Waals surface area contributed by atoms with Crippen LogP contribution in [0.25, 0.3) is 0 Å². The second-order valence-corrected chi connectivity index (χ2v) is 7.02. The molecule has 3 aliphatic heterocycles. The minimum absolute atomic E-state index is 0.109. The molecule has 3 heterocycles. The van der Waals surface area contributed by atoms with Crippen LogP contribution in [0.3, 0.4) is 0 Å². The van der Waals surface area contributed by atoms with E-state index < -0.39 is 0 Å². The SMILES string of the molecule is CC(C)(C)OC(=O)N1C[C@H]2CC[C@H]1[C@@H]1CNC[C@@H]21. The van der Waals surface area contributed by atoms with Crippen molar-refractivity contribution in [1.82, 2.24) is 10.2 Å². The Hall–Kier alpha value is -0.770. The van der Waals surface area contributed by atoms with E-state index >= 15 is 0 Å². The summed E-state index contributed by atoms with van der Waals surface area (Å²) in [5, 5.41) is 3.49. The maximum absolute atomic E-state index is 12.3. The third-order valence-corrected chi connectivity index (χ3v) is 4.70. The quantitative estimate of drug-likeness (QED) is 0.715. The third kappa shape index (κ3) is 2.00. The molecular formula is C14H24N2O2. The molecule has 4 aliphatic rings. The van der Waals surface area contributed by atoms with Gasteiger partial charge in [-0.3, -0.25) is 0 Å². The summed E-state index contributed by atoms with van der Waals surface area (Å²) in [7, 11) is 0. The number of ether oxygens (including phenoxy) is 1. The lowest BCUT2D eigenvalue weighted by atomic mass is 9.67. The van der Waals surface area contributed by atoms with Crippen LogP contribution >= 0.6 is 0 Å². The lowest BCUT2D eigenvalue weighted by Gasteiger charge is -2.51. The second kappa shape index (κ2) is 4.12. The summed E-state index contributed by atoms with van der Waals surface area (Å²) in [5.41, 5.74) is -0.388. The lowest BCUT2D eigenvalue weighted by Crippen LogP contribution is -2.59. The van der Waals surface area contributed by atoms with E-state index in [4.69, 9.17) is 4.74 Å². The highest BCUT2D eigenvalue weighted by atomic mass is 16.6. The van der Waals surface area contributed by atoms with E-state index in [2.05, 4.69) is 5.32 Å². The van der Waals surface area contributed by atoms with E-state index in [-0.39, 0.29) is 11.7 Å². The number of nitrogens with zero attached hydrogens (tertiary/aromatic N) is 1. The zero-order valence-corrected chi connectivity index (χ0v) is 11.6. The van der Waals surface area contributed by atoms with Gasteiger partial charge in [-0.05, 0) is 57.9 Å². The molecular weight excluding hydrogens is 228 g/mol. The van der Waals surface area contributed by atoms with Gasteiger partial charge in [-0.25, -0.2) is 4.79 Å². The summed E-state index contributed by atoms with van der Waals surface area (Å²) in [6, 6.07) is 0.407. The molecule has 4 atom stereocenters. The fourth-order valence-corrected chi connectivity index (χ4v) is 4.00. The van der Waals surface area contributed by atoms with Crippen molar-refractivity contribution >= 4 is 6.09 Å². The van der Waals surface area contributed by atoms with E-state index in [1.807, 2.05) is 25.7 Å². The number of nitrogens with one attached hydrogen (secondary N) is 1. The number of hydrogen-bond donors (Lipinski definition) is 1. The van der Waals surface area contributed by atoms with Crippen LogP contribution in [0.5, 0.6) is 0 Å². The van der Waals surface area contributed by atoms with Gasteiger partial charge in [-0.1, -0.05) is 0 Å². The van der Waals surface area contributed by atoms with Gasteiger partial charge in [0.1, 0.15) is 5.60 Å². The number of amides is 1. The van der Waals surface area contributed by atoms with Gasteiger partial charge < -0.3 is 15.0 Å². The highest BCUT2D eigenvalue weighted by Gasteiger charge is 2.51. The number of piperidine rings is 2. The predicted molar refractivity (Wildman–Crippen MR) is 69.3 cm³/mol. The number of carbonyl (C=O) groups is 1. The Morgan fingerprint density at radius 2 is 1.94 bits per heavy atom. The molecule has 2 bridgehead atoms. The van der Waals surface area contributed by atoms with E-state index in [1.54, 1.807) is 0 Å². The van der Waals surface area contributed by atoms with Gasteiger partial charge in [0.15, 0.2) is 0 Å². The van der Waals surface area contributed by atoms with Crippen molar-refractivity contribution in [3.8, 4) is 0 Å². The number of hydrogen-bond acceptors (Lipinski definition) is 3. The van der Waals surface area contributed by atoms with Crippen LogP contribution in [0.1, 0.15) is 33.6 Å². The summed E-state index contributed by atoms with van der Waals surface area (Å²) in [5.74, 6) is 2.13. The van der Waals surface area contributed by atoms with Crippen LogP contribution in [-0.4, -0.2) is 42.3 Å². The van der Waals surface area contributed by atoms with Crippen molar-refractivity contribution in [2.75, 3.05) is 19.6 Å². The first kappa shape index (κ1) is 12.3. The van der Waals surface area contributed by atoms with Crippen molar-refractivity contribution in [3.63, 3.8) is 0 Å². The molecule has 18 heavy (non-hydrogen) atoms. The fraction of sp³-hybridized carbons (Fsp3) is 0.929. The summed E-state index contributed by atoms with van der Waals surface area (Å²) in [6.07, 6.45) is 2.34. The Kier molecular flexibility index (Phi) is 2.81. The van der Waals surface area contributed by atoms with Crippen molar-refractivity contribution < 1.29 is 9.53 Å². The molecule has 0 aromatic carbocycles. The molecule has 4 fully saturated rings. The molecule has 0 radical (unpaired) electrons. The highest BCUT2D eigenvalue weighted by Crippen LogP contribution is 2.45. The molecule has 0 unspecified atom stereocenters. The van der Waals surface area contributed by atoms with Crippen molar-refractivity contribution in [3.05, 3.63) is 0 Å². The smallest absolute Gasteiger partial charge is 0.410 e. The molecule has 102 valence electrons. The highest BCUT2D eigenvalue weighted by molar-refractivity contribution is 5.69. The number of rotatable bonds is 0. The van der Waals surface area contributed by atoms with Crippen LogP contribution in [-0.2, 0) is 4.74 Å². The van der Waals surface area contributed by atoms with Gasteiger partial charge >= 0.3 is 6.09 Å². The van der Waals surface area contributed by atoms with Gasteiger partial charge in [-0.2, -0.15) is 0 Å². The summed E-state index contributed by atoms with van der Waals surface area (Å²) in [4.78, 5) is 14.3. The van der Waals surface area contributed by atoms with E-state index in [0.717, 1.165) is 32.0 Å². The average molecular weight is 252 g/mol. The topological polar surface area (TPSA) is 41.6 Å². The largest absolute Gasteiger partial charge is 0.444 e.